The number of fused-ring (bicyclic) bond motifs is 1. The normalized spacial score (nSPS) is 18.2. The SMILES string of the molecule is CC(=O)c1ccc2c(c1)N(C(C)C)C(=O)C(C(C)C)O2. The van der Waals surface area contributed by atoms with Crippen molar-refractivity contribution in [3.63, 3.8) is 0 Å². The zero-order valence-electron chi connectivity index (χ0n) is 12.6. The fourth-order valence-electron chi connectivity index (χ4n) is 2.42. The third kappa shape index (κ3) is 2.42. The van der Waals surface area contributed by atoms with E-state index in [1.807, 2.05) is 27.7 Å². The van der Waals surface area contributed by atoms with Gasteiger partial charge in [0.1, 0.15) is 5.75 Å². The second-order valence-corrected chi connectivity index (χ2v) is 5.82. The number of carbonyl (C=O) groups is 2. The summed E-state index contributed by atoms with van der Waals surface area (Å²) in [5.74, 6) is 0.713. The molecule has 0 radical (unpaired) electrons. The van der Waals surface area contributed by atoms with Gasteiger partial charge in [0.15, 0.2) is 11.9 Å². The van der Waals surface area contributed by atoms with Crippen molar-refractivity contribution in [2.24, 2.45) is 5.92 Å². The predicted molar refractivity (Wildman–Crippen MR) is 78.3 cm³/mol. The monoisotopic (exact) mass is 275 g/mol. The molecule has 0 aromatic heterocycles. The van der Waals surface area contributed by atoms with Crippen LogP contribution in [0.2, 0.25) is 0 Å². The molecule has 0 saturated carbocycles. The quantitative estimate of drug-likeness (QED) is 0.796. The first-order valence-electron chi connectivity index (χ1n) is 6.97. The molecule has 1 aromatic rings. The first kappa shape index (κ1) is 14.6. The summed E-state index contributed by atoms with van der Waals surface area (Å²) in [6, 6.07) is 5.29. The van der Waals surface area contributed by atoms with Gasteiger partial charge < -0.3 is 9.64 Å². The highest BCUT2D eigenvalue weighted by molar-refractivity contribution is 6.03. The Kier molecular flexibility index (Phi) is 3.84. The van der Waals surface area contributed by atoms with E-state index in [-0.39, 0.29) is 23.7 Å². The summed E-state index contributed by atoms with van der Waals surface area (Å²) in [6.45, 7) is 9.38. The molecule has 0 aliphatic carbocycles. The molecule has 1 unspecified atom stereocenters. The highest BCUT2D eigenvalue weighted by Crippen LogP contribution is 2.37. The lowest BCUT2D eigenvalue weighted by molar-refractivity contribution is -0.128. The van der Waals surface area contributed by atoms with Gasteiger partial charge in [0.2, 0.25) is 0 Å². The molecule has 1 aliphatic heterocycles. The number of rotatable bonds is 3. The maximum atomic E-state index is 12.6. The summed E-state index contributed by atoms with van der Waals surface area (Å²) in [5.41, 5.74) is 1.28. The molecule has 1 aromatic carbocycles. The molecule has 1 aliphatic rings. The third-order valence-corrected chi connectivity index (χ3v) is 3.48. The van der Waals surface area contributed by atoms with Crippen LogP contribution in [0, 0.1) is 5.92 Å². The van der Waals surface area contributed by atoms with Gasteiger partial charge in [-0.25, -0.2) is 0 Å². The molecule has 0 fully saturated rings. The van der Waals surface area contributed by atoms with Gasteiger partial charge in [0.05, 0.1) is 5.69 Å². The fourth-order valence-corrected chi connectivity index (χ4v) is 2.42. The number of ether oxygens (including phenoxy) is 1. The Hall–Kier alpha value is -1.84. The van der Waals surface area contributed by atoms with Gasteiger partial charge in [0.25, 0.3) is 5.91 Å². The van der Waals surface area contributed by atoms with Crippen LogP contribution >= 0.6 is 0 Å². The summed E-state index contributed by atoms with van der Waals surface area (Å²) < 4.78 is 5.82. The number of hydrogen-bond donors (Lipinski definition) is 0. The Morgan fingerprint density at radius 2 is 1.90 bits per heavy atom. The number of anilines is 1. The third-order valence-electron chi connectivity index (χ3n) is 3.48. The molecule has 4 heteroatoms. The van der Waals surface area contributed by atoms with Gasteiger partial charge in [0, 0.05) is 11.6 Å². The number of hydrogen-bond acceptors (Lipinski definition) is 3. The van der Waals surface area contributed by atoms with Crippen LogP contribution < -0.4 is 9.64 Å². The van der Waals surface area contributed by atoms with Crippen molar-refractivity contribution in [1.29, 1.82) is 0 Å². The number of amides is 1. The Morgan fingerprint density at radius 3 is 2.40 bits per heavy atom. The summed E-state index contributed by atoms with van der Waals surface area (Å²) in [6.07, 6.45) is -0.465. The predicted octanol–water partition coefficient (Wildman–Crippen LogP) is 3.05. The Morgan fingerprint density at radius 1 is 1.25 bits per heavy atom. The Balaban J connectivity index is 2.54. The standard InChI is InChI=1S/C16H21NO3/c1-9(2)15-16(19)17(10(3)4)13-8-12(11(5)18)6-7-14(13)20-15/h6-10,15H,1-5H3. The molecule has 1 heterocycles. The van der Waals surface area contributed by atoms with Gasteiger partial charge in [-0.1, -0.05) is 13.8 Å². The van der Waals surface area contributed by atoms with Gasteiger partial charge in [-0.2, -0.15) is 0 Å². The summed E-state index contributed by atoms with van der Waals surface area (Å²) in [4.78, 5) is 25.8. The molecule has 1 amide bonds. The Labute approximate surface area is 119 Å². The minimum Gasteiger partial charge on any atom is -0.478 e. The highest BCUT2D eigenvalue weighted by atomic mass is 16.5. The molecule has 0 bridgehead atoms. The number of nitrogens with zero attached hydrogens (tertiary/aromatic N) is 1. The number of carbonyl (C=O) groups excluding carboxylic acids is 2. The summed E-state index contributed by atoms with van der Waals surface area (Å²) in [5, 5.41) is 0. The van der Waals surface area contributed by atoms with E-state index in [4.69, 9.17) is 4.74 Å². The number of ketones is 1. The molecule has 108 valence electrons. The van der Waals surface area contributed by atoms with Crippen molar-refractivity contribution < 1.29 is 14.3 Å². The van der Waals surface area contributed by atoms with Crippen LogP contribution in [0.1, 0.15) is 45.0 Å². The van der Waals surface area contributed by atoms with Gasteiger partial charge in [-0.3, -0.25) is 9.59 Å². The van der Waals surface area contributed by atoms with Crippen LogP contribution in [-0.2, 0) is 4.79 Å². The van der Waals surface area contributed by atoms with Gasteiger partial charge >= 0.3 is 0 Å². The highest BCUT2D eigenvalue weighted by Gasteiger charge is 2.37. The topological polar surface area (TPSA) is 46.6 Å². The lowest BCUT2D eigenvalue weighted by Gasteiger charge is -2.38. The lowest BCUT2D eigenvalue weighted by Crippen LogP contribution is -2.51. The zero-order chi connectivity index (χ0) is 15.0. The van der Waals surface area contributed by atoms with E-state index in [0.717, 1.165) is 0 Å². The largest absolute Gasteiger partial charge is 0.478 e. The Bertz CT molecular complexity index is 549. The van der Waals surface area contributed by atoms with Crippen molar-refractivity contribution in [3.8, 4) is 5.75 Å². The van der Waals surface area contributed by atoms with Crippen LogP contribution in [0.15, 0.2) is 18.2 Å². The first-order chi connectivity index (χ1) is 9.32. The van der Waals surface area contributed by atoms with E-state index < -0.39 is 6.10 Å². The van der Waals surface area contributed by atoms with E-state index in [0.29, 0.717) is 17.0 Å². The smallest absolute Gasteiger partial charge is 0.268 e. The van der Waals surface area contributed by atoms with Crippen LogP contribution in [0.3, 0.4) is 0 Å². The van der Waals surface area contributed by atoms with E-state index in [1.54, 1.807) is 23.1 Å². The van der Waals surface area contributed by atoms with E-state index in [1.165, 1.54) is 6.92 Å². The van der Waals surface area contributed by atoms with Gasteiger partial charge in [-0.05, 0) is 44.9 Å². The molecule has 20 heavy (non-hydrogen) atoms. The van der Waals surface area contributed by atoms with Crippen molar-refractivity contribution in [2.75, 3.05) is 4.90 Å². The average Bonchev–Trinajstić information content (AvgIpc) is 2.36. The van der Waals surface area contributed by atoms with Crippen LogP contribution in [0.5, 0.6) is 5.75 Å². The summed E-state index contributed by atoms with van der Waals surface area (Å²) >= 11 is 0. The van der Waals surface area contributed by atoms with E-state index >= 15 is 0 Å². The summed E-state index contributed by atoms with van der Waals surface area (Å²) in [7, 11) is 0. The molecular formula is C16H21NO3. The van der Waals surface area contributed by atoms with Crippen LogP contribution in [0.25, 0.3) is 0 Å². The molecule has 0 N–H and O–H groups in total. The minimum atomic E-state index is -0.465. The van der Waals surface area contributed by atoms with Crippen molar-refractivity contribution in [2.45, 2.75) is 46.8 Å². The maximum absolute atomic E-state index is 12.6. The van der Waals surface area contributed by atoms with Crippen molar-refractivity contribution in [1.82, 2.24) is 0 Å². The zero-order valence-corrected chi connectivity index (χ0v) is 12.6. The number of Topliss-reactive ketones (excluding diaryl/α,β-unsaturated/α-hetero) is 1. The van der Waals surface area contributed by atoms with E-state index in [2.05, 4.69) is 0 Å². The van der Waals surface area contributed by atoms with Crippen LogP contribution in [0.4, 0.5) is 5.69 Å². The number of benzene rings is 1. The van der Waals surface area contributed by atoms with Crippen molar-refractivity contribution in [3.05, 3.63) is 23.8 Å². The maximum Gasteiger partial charge on any atom is 0.268 e. The van der Waals surface area contributed by atoms with Crippen LogP contribution in [-0.4, -0.2) is 23.8 Å². The minimum absolute atomic E-state index is 0.0186. The van der Waals surface area contributed by atoms with Crippen molar-refractivity contribution >= 4 is 17.4 Å². The van der Waals surface area contributed by atoms with E-state index in [9.17, 15) is 9.59 Å². The first-order valence-corrected chi connectivity index (χ1v) is 6.97. The average molecular weight is 275 g/mol. The second-order valence-electron chi connectivity index (χ2n) is 5.82. The molecule has 1 atom stereocenters. The fraction of sp³-hybridized carbons (Fsp3) is 0.500. The molecule has 2 rings (SSSR count). The molecule has 0 saturated heterocycles. The van der Waals surface area contributed by atoms with Gasteiger partial charge in [-0.15, -0.1) is 0 Å². The lowest BCUT2D eigenvalue weighted by atomic mass is 10.0. The second kappa shape index (κ2) is 5.27. The molecule has 4 nitrogen and oxygen atoms in total. The molecule has 0 spiro atoms. The molecular weight excluding hydrogens is 254 g/mol.